The molecule has 2 fully saturated rings. The second-order valence-corrected chi connectivity index (χ2v) is 9.89. The molecule has 0 unspecified atom stereocenters. The van der Waals surface area contributed by atoms with E-state index < -0.39 is 0 Å². The number of carbonyl (C=O) groups is 2. The van der Waals surface area contributed by atoms with E-state index in [4.69, 9.17) is 4.74 Å². The molecule has 2 amide bonds. The standard InChI is InChI=1S/C27H40N2O3/c1-2-28-18-10-4-3-5-11-19-29(26(30)20-21-16-17-21)23-13-7-9-15-25(23)32-24-14-8-6-12-22(24)27(28)31/h6,8,12,14,21,23,25H,2-5,7,9-11,13,15-20H2,1H3/t23-,25+/m1/s1. The molecule has 0 saturated heterocycles. The zero-order valence-electron chi connectivity index (χ0n) is 19.8. The Morgan fingerprint density at radius 3 is 2.44 bits per heavy atom. The lowest BCUT2D eigenvalue weighted by molar-refractivity contribution is -0.137. The number of rotatable bonds is 3. The first kappa shape index (κ1) is 23.1. The van der Waals surface area contributed by atoms with Gasteiger partial charge in [-0.1, -0.05) is 37.8 Å². The summed E-state index contributed by atoms with van der Waals surface area (Å²) in [4.78, 5) is 30.8. The lowest BCUT2D eigenvalue weighted by Crippen LogP contribution is -2.51. The normalized spacial score (nSPS) is 25.7. The van der Waals surface area contributed by atoms with Gasteiger partial charge in [-0.15, -0.1) is 0 Å². The zero-order valence-corrected chi connectivity index (χ0v) is 19.8. The summed E-state index contributed by atoms with van der Waals surface area (Å²) in [6.45, 7) is 4.40. The van der Waals surface area contributed by atoms with Gasteiger partial charge >= 0.3 is 0 Å². The van der Waals surface area contributed by atoms with Crippen molar-refractivity contribution < 1.29 is 14.3 Å². The lowest BCUT2D eigenvalue weighted by Gasteiger charge is -2.40. The molecule has 0 bridgehead atoms. The Labute approximate surface area is 193 Å². The Morgan fingerprint density at radius 2 is 1.66 bits per heavy atom. The number of para-hydroxylation sites is 1. The molecule has 0 radical (unpaired) electrons. The van der Waals surface area contributed by atoms with Crippen molar-refractivity contribution in [2.45, 2.75) is 96.1 Å². The summed E-state index contributed by atoms with van der Waals surface area (Å²) in [5.41, 5.74) is 0.657. The van der Waals surface area contributed by atoms with Crippen LogP contribution in [-0.4, -0.2) is 53.4 Å². The van der Waals surface area contributed by atoms with Crippen LogP contribution in [0.2, 0.25) is 0 Å². The van der Waals surface area contributed by atoms with Gasteiger partial charge in [0.15, 0.2) is 0 Å². The molecule has 2 aliphatic carbocycles. The van der Waals surface area contributed by atoms with Gasteiger partial charge in [0.1, 0.15) is 11.9 Å². The van der Waals surface area contributed by atoms with E-state index in [2.05, 4.69) is 11.8 Å². The SMILES string of the molecule is CCN1CCCCCCCN(C(=O)CC2CC2)[C@@H]2CCCC[C@@H]2Oc2ccccc2C1=O. The number of hydrogen-bond acceptors (Lipinski definition) is 3. The highest BCUT2D eigenvalue weighted by molar-refractivity contribution is 5.97. The van der Waals surface area contributed by atoms with Crippen molar-refractivity contribution in [3.05, 3.63) is 29.8 Å². The van der Waals surface area contributed by atoms with E-state index in [9.17, 15) is 9.59 Å². The summed E-state index contributed by atoms with van der Waals surface area (Å²) in [5, 5.41) is 0. The molecule has 5 nitrogen and oxygen atoms in total. The second-order valence-electron chi connectivity index (χ2n) is 9.89. The maximum absolute atomic E-state index is 13.3. The first-order valence-corrected chi connectivity index (χ1v) is 13.0. The topological polar surface area (TPSA) is 49.9 Å². The van der Waals surface area contributed by atoms with Gasteiger partial charge in [0.25, 0.3) is 5.91 Å². The van der Waals surface area contributed by atoms with E-state index in [1.54, 1.807) is 0 Å². The smallest absolute Gasteiger partial charge is 0.257 e. The van der Waals surface area contributed by atoms with Gasteiger partial charge in [-0.25, -0.2) is 0 Å². The van der Waals surface area contributed by atoms with Crippen LogP contribution in [0.25, 0.3) is 0 Å². The van der Waals surface area contributed by atoms with Crippen molar-refractivity contribution in [2.75, 3.05) is 19.6 Å². The van der Waals surface area contributed by atoms with Crippen molar-refractivity contribution in [3.63, 3.8) is 0 Å². The van der Waals surface area contributed by atoms with Gasteiger partial charge in [0.2, 0.25) is 5.91 Å². The molecule has 0 N–H and O–H groups in total. The van der Waals surface area contributed by atoms with Crippen molar-refractivity contribution in [1.29, 1.82) is 0 Å². The average molecular weight is 441 g/mol. The molecule has 2 atom stereocenters. The van der Waals surface area contributed by atoms with E-state index in [0.29, 0.717) is 36.1 Å². The maximum atomic E-state index is 13.3. The second kappa shape index (κ2) is 11.2. The number of carbonyl (C=O) groups excluding carboxylic acids is 2. The molecule has 2 saturated carbocycles. The third kappa shape index (κ3) is 5.85. The van der Waals surface area contributed by atoms with E-state index >= 15 is 0 Å². The van der Waals surface area contributed by atoms with Crippen LogP contribution in [0, 0.1) is 5.92 Å². The first-order chi connectivity index (χ1) is 15.7. The largest absolute Gasteiger partial charge is 0.487 e. The number of fused-ring (bicyclic) bond motifs is 2. The van der Waals surface area contributed by atoms with Crippen molar-refractivity contribution in [3.8, 4) is 5.75 Å². The highest BCUT2D eigenvalue weighted by Gasteiger charge is 2.37. The predicted molar refractivity (Wildman–Crippen MR) is 127 cm³/mol. The summed E-state index contributed by atoms with van der Waals surface area (Å²) in [5.74, 6) is 1.66. The van der Waals surface area contributed by atoms with Gasteiger partial charge < -0.3 is 14.5 Å². The van der Waals surface area contributed by atoms with Gasteiger partial charge in [-0.05, 0) is 69.9 Å². The van der Waals surface area contributed by atoms with Gasteiger partial charge in [-0.2, -0.15) is 0 Å². The summed E-state index contributed by atoms with van der Waals surface area (Å²) >= 11 is 0. The van der Waals surface area contributed by atoms with Crippen LogP contribution in [0.15, 0.2) is 24.3 Å². The molecule has 3 aliphatic rings. The van der Waals surface area contributed by atoms with E-state index in [1.807, 2.05) is 29.2 Å². The average Bonchev–Trinajstić information content (AvgIpc) is 3.62. The number of nitrogens with zero attached hydrogens (tertiary/aromatic N) is 2. The maximum Gasteiger partial charge on any atom is 0.257 e. The Bertz CT molecular complexity index is 776. The van der Waals surface area contributed by atoms with E-state index in [0.717, 1.165) is 70.9 Å². The molecule has 1 aliphatic heterocycles. The molecule has 4 rings (SSSR count). The van der Waals surface area contributed by atoms with Crippen LogP contribution in [0.4, 0.5) is 0 Å². The van der Waals surface area contributed by atoms with Gasteiger partial charge in [-0.3, -0.25) is 9.59 Å². The molecular weight excluding hydrogens is 400 g/mol. The minimum Gasteiger partial charge on any atom is -0.487 e. The number of benzene rings is 1. The van der Waals surface area contributed by atoms with Crippen LogP contribution in [0.5, 0.6) is 5.75 Å². The Hall–Kier alpha value is -2.04. The summed E-state index contributed by atoms with van der Waals surface area (Å²) in [6.07, 6.45) is 12.8. The van der Waals surface area contributed by atoms with Gasteiger partial charge in [0.05, 0.1) is 11.6 Å². The highest BCUT2D eigenvalue weighted by atomic mass is 16.5. The fourth-order valence-corrected chi connectivity index (χ4v) is 5.33. The highest BCUT2D eigenvalue weighted by Crippen LogP contribution is 2.35. The van der Waals surface area contributed by atoms with E-state index in [1.165, 1.54) is 12.8 Å². The third-order valence-electron chi connectivity index (χ3n) is 7.44. The summed E-state index contributed by atoms with van der Waals surface area (Å²) < 4.78 is 6.60. The monoisotopic (exact) mass is 440 g/mol. The van der Waals surface area contributed by atoms with Gasteiger partial charge in [0, 0.05) is 26.1 Å². The summed E-state index contributed by atoms with van der Waals surface area (Å²) in [7, 11) is 0. The zero-order chi connectivity index (χ0) is 22.3. The third-order valence-corrected chi connectivity index (χ3v) is 7.44. The Kier molecular flexibility index (Phi) is 8.10. The molecule has 0 aromatic heterocycles. The van der Waals surface area contributed by atoms with Crippen molar-refractivity contribution >= 4 is 11.8 Å². The first-order valence-electron chi connectivity index (χ1n) is 13.0. The molecular formula is C27H40N2O3. The van der Waals surface area contributed by atoms with Crippen LogP contribution in [0.3, 0.4) is 0 Å². The fourth-order valence-electron chi connectivity index (χ4n) is 5.33. The molecule has 1 aromatic rings. The van der Waals surface area contributed by atoms with Crippen LogP contribution < -0.4 is 4.74 Å². The van der Waals surface area contributed by atoms with Crippen LogP contribution in [-0.2, 0) is 4.79 Å². The Morgan fingerprint density at radius 1 is 0.938 bits per heavy atom. The molecule has 0 spiro atoms. The van der Waals surface area contributed by atoms with Crippen molar-refractivity contribution in [1.82, 2.24) is 9.80 Å². The molecule has 1 heterocycles. The number of hydrogen-bond donors (Lipinski definition) is 0. The molecule has 32 heavy (non-hydrogen) atoms. The summed E-state index contributed by atoms with van der Waals surface area (Å²) in [6, 6.07) is 7.81. The lowest BCUT2D eigenvalue weighted by atomic mass is 9.90. The number of ether oxygens (including phenoxy) is 1. The Balaban J connectivity index is 1.61. The quantitative estimate of drug-likeness (QED) is 0.630. The number of amides is 2. The minimum atomic E-state index is -0.0407. The molecule has 176 valence electrons. The molecule has 1 aromatic carbocycles. The predicted octanol–water partition coefficient (Wildman–Crippen LogP) is 5.43. The fraction of sp³-hybridized carbons (Fsp3) is 0.704. The van der Waals surface area contributed by atoms with Crippen molar-refractivity contribution in [2.24, 2.45) is 5.92 Å². The van der Waals surface area contributed by atoms with E-state index in [-0.39, 0.29) is 18.1 Å². The minimum absolute atomic E-state index is 0.0407. The van der Waals surface area contributed by atoms with Crippen LogP contribution >= 0.6 is 0 Å². The molecule has 5 heteroatoms. The van der Waals surface area contributed by atoms with Crippen LogP contribution in [0.1, 0.15) is 94.3 Å².